The molecule has 2 aromatic carbocycles. The first-order valence-corrected chi connectivity index (χ1v) is 12.6. The van der Waals surface area contributed by atoms with Gasteiger partial charge < -0.3 is 5.32 Å². The third-order valence-corrected chi connectivity index (χ3v) is 7.57. The van der Waals surface area contributed by atoms with E-state index >= 15 is 0 Å². The fraction of sp³-hybridized carbons (Fsp3) is 0.379. The van der Waals surface area contributed by atoms with E-state index in [-0.39, 0.29) is 11.4 Å². The maximum atomic E-state index is 13.6. The summed E-state index contributed by atoms with van der Waals surface area (Å²) in [6.07, 6.45) is 12.5. The van der Waals surface area contributed by atoms with Crippen LogP contribution in [0.1, 0.15) is 65.6 Å². The van der Waals surface area contributed by atoms with Gasteiger partial charge in [0.15, 0.2) is 0 Å². The van der Waals surface area contributed by atoms with Crippen LogP contribution in [0.2, 0.25) is 0 Å². The number of hydrogen-bond donors (Lipinski definition) is 1. The number of benzene rings is 2. The highest BCUT2D eigenvalue weighted by Crippen LogP contribution is 2.33. The predicted molar refractivity (Wildman–Crippen MR) is 136 cm³/mol. The zero-order valence-corrected chi connectivity index (χ0v) is 20.0. The lowest BCUT2D eigenvalue weighted by Crippen LogP contribution is -2.51. The Kier molecular flexibility index (Phi) is 6.87. The van der Waals surface area contributed by atoms with Gasteiger partial charge in [0.1, 0.15) is 6.33 Å². The molecule has 1 fully saturated rings. The highest BCUT2D eigenvalue weighted by atomic mass is 16.1. The second-order valence-electron chi connectivity index (χ2n) is 9.84. The molecule has 178 valence electrons. The third-order valence-electron chi connectivity index (χ3n) is 7.57. The van der Waals surface area contributed by atoms with Gasteiger partial charge >= 0.3 is 0 Å². The smallest absolute Gasteiger partial charge is 0.252 e. The van der Waals surface area contributed by atoms with Crippen molar-refractivity contribution in [2.75, 3.05) is 13.1 Å². The van der Waals surface area contributed by atoms with Crippen molar-refractivity contribution in [3.8, 4) is 17.2 Å². The number of fused-ring (bicyclic) bond motifs is 1. The van der Waals surface area contributed by atoms with Crippen molar-refractivity contribution in [3.05, 3.63) is 83.4 Å². The number of aromatic nitrogens is 2. The van der Waals surface area contributed by atoms with E-state index in [4.69, 9.17) is 0 Å². The average Bonchev–Trinajstić information content (AvgIpc) is 2.92. The summed E-state index contributed by atoms with van der Waals surface area (Å²) in [5.41, 5.74) is 5.55. The monoisotopic (exact) mass is 465 g/mol. The van der Waals surface area contributed by atoms with E-state index in [0.717, 1.165) is 74.8 Å². The van der Waals surface area contributed by atoms with Crippen LogP contribution in [-0.4, -0.2) is 39.4 Å². The molecule has 0 saturated heterocycles. The molecular weight excluding hydrogens is 434 g/mol. The van der Waals surface area contributed by atoms with E-state index in [1.807, 2.05) is 36.4 Å². The Morgan fingerprint density at radius 3 is 2.66 bits per heavy atom. The highest BCUT2D eigenvalue weighted by molar-refractivity contribution is 6.01. The molecule has 1 aliphatic carbocycles. The molecule has 6 nitrogen and oxygen atoms in total. The van der Waals surface area contributed by atoms with E-state index in [2.05, 4.69) is 32.3 Å². The Morgan fingerprint density at radius 1 is 1.06 bits per heavy atom. The number of hydrogen-bond acceptors (Lipinski definition) is 5. The molecule has 0 atom stereocenters. The minimum absolute atomic E-state index is 0.0145. The summed E-state index contributed by atoms with van der Waals surface area (Å²) in [6.45, 7) is 2.85. The van der Waals surface area contributed by atoms with E-state index in [9.17, 15) is 10.1 Å². The molecule has 2 heterocycles. The Labute approximate surface area is 207 Å². The van der Waals surface area contributed by atoms with Gasteiger partial charge in [-0.15, -0.1) is 0 Å². The van der Waals surface area contributed by atoms with Crippen LogP contribution in [-0.2, 0) is 13.0 Å². The summed E-state index contributed by atoms with van der Waals surface area (Å²) >= 11 is 0. The summed E-state index contributed by atoms with van der Waals surface area (Å²) in [5, 5.41) is 12.7. The van der Waals surface area contributed by atoms with Crippen LogP contribution in [0.3, 0.4) is 0 Å². The number of amides is 1. The van der Waals surface area contributed by atoms with Crippen LogP contribution < -0.4 is 5.32 Å². The van der Waals surface area contributed by atoms with Gasteiger partial charge in [-0.25, -0.2) is 9.97 Å². The standard InChI is InChI=1S/C29H31N5O/c30-17-22-8-9-24-20-34(14-10-23(24)16-22)15-13-29(11-4-1-5-12-29)33-28(35)27-7-3-2-6-26(27)25-18-31-21-32-19-25/h2-3,6-9,16,18-19,21H,1,4-5,10-15,20H2,(H,33,35). The number of nitriles is 1. The topological polar surface area (TPSA) is 81.9 Å². The molecule has 2 aliphatic rings. The van der Waals surface area contributed by atoms with Crippen LogP contribution in [0, 0.1) is 11.3 Å². The molecular formula is C29H31N5O. The fourth-order valence-electron chi connectivity index (χ4n) is 5.59. The quantitative estimate of drug-likeness (QED) is 0.560. The van der Waals surface area contributed by atoms with Gasteiger partial charge in [0.2, 0.25) is 0 Å². The molecule has 0 spiro atoms. The van der Waals surface area contributed by atoms with Gasteiger partial charge in [-0.1, -0.05) is 43.5 Å². The number of carbonyl (C=O) groups is 1. The Bertz CT molecular complexity index is 1230. The molecule has 1 saturated carbocycles. The van der Waals surface area contributed by atoms with Crippen molar-refractivity contribution in [3.63, 3.8) is 0 Å². The maximum absolute atomic E-state index is 13.6. The molecule has 1 aromatic heterocycles. The minimum Gasteiger partial charge on any atom is -0.347 e. The van der Waals surface area contributed by atoms with Gasteiger partial charge in [-0.3, -0.25) is 9.69 Å². The fourth-order valence-corrected chi connectivity index (χ4v) is 5.59. The minimum atomic E-state index is -0.180. The molecule has 0 radical (unpaired) electrons. The number of nitrogens with zero attached hydrogens (tertiary/aromatic N) is 4. The van der Waals surface area contributed by atoms with Crippen molar-refractivity contribution in [1.82, 2.24) is 20.2 Å². The summed E-state index contributed by atoms with van der Waals surface area (Å²) < 4.78 is 0. The van der Waals surface area contributed by atoms with Crippen LogP contribution in [0.15, 0.2) is 61.2 Å². The zero-order valence-electron chi connectivity index (χ0n) is 20.0. The summed E-state index contributed by atoms with van der Waals surface area (Å²) in [7, 11) is 0. The molecule has 1 amide bonds. The van der Waals surface area contributed by atoms with Crippen molar-refractivity contribution >= 4 is 5.91 Å². The number of nitrogens with one attached hydrogen (secondary N) is 1. The van der Waals surface area contributed by atoms with Gasteiger partial charge in [0.25, 0.3) is 5.91 Å². The largest absolute Gasteiger partial charge is 0.347 e. The normalized spacial score (nSPS) is 17.2. The second-order valence-corrected chi connectivity index (χ2v) is 9.84. The molecule has 5 rings (SSSR count). The number of carbonyl (C=O) groups excluding carboxylic acids is 1. The predicted octanol–water partition coefficient (Wildman–Crippen LogP) is 4.90. The van der Waals surface area contributed by atoms with Crippen molar-refractivity contribution in [2.24, 2.45) is 0 Å². The molecule has 0 unspecified atom stereocenters. The first kappa shape index (κ1) is 23.2. The Balaban J connectivity index is 1.30. The summed E-state index contributed by atoms with van der Waals surface area (Å²) in [6, 6.07) is 16.0. The van der Waals surface area contributed by atoms with Gasteiger partial charge in [0.05, 0.1) is 11.6 Å². The lowest BCUT2D eigenvalue weighted by Gasteiger charge is -2.40. The van der Waals surface area contributed by atoms with Crippen LogP contribution >= 0.6 is 0 Å². The molecule has 1 N–H and O–H groups in total. The van der Waals surface area contributed by atoms with E-state index in [0.29, 0.717) is 5.56 Å². The number of rotatable bonds is 6. The summed E-state index contributed by atoms with van der Waals surface area (Å²) in [5.74, 6) is -0.0145. The maximum Gasteiger partial charge on any atom is 0.252 e. The highest BCUT2D eigenvalue weighted by Gasteiger charge is 2.35. The van der Waals surface area contributed by atoms with Crippen molar-refractivity contribution < 1.29 is 4.79 Å². The van der Waals surface area contributed by atoms with E-state index in [1.54, 1.807) is 12.4 Å². The van der Waals surface area contributed by atoms with Crippen molar-refractivity contribution in [1.29, 1.82) is 5.26 Å². The molecule has 35 heavy (non-hydrogen) atoms. The SMILES string of the molecule is N#Cc1ccc2c(c1)CCN(CCC1(NC(=O)c3ccccc3-c3cncnc3)CCCCC1)C2. The lowest BCUT2D eigenvalue weighted by molar-refractivity contribution is 0.0841. The first-order valence-electron chi connectivity index (χ1n) is 12.6. The first-order chi connectivity index (χ1) is 17.2. The molecule has 6 heteroatoms. The van der Waals surface area contributed by atoms with Crippen LogP contribution in [0.4, 0.5) is 0 Å². The lowest BCUT2D eigenvalue weighted by atomic mass is 9.78. The van der Waals surface area contributed by atoms with Crippen LogP contribution in [0.25, 0.3) is 11.1 Å². The second kappa shape index (κ2) is 10.4. The Hall–Kier alpha value is -3.56. The summed E-state index contributed by atoms with van der Waals surface area (Å²) in [4.78, 5) is 24.4. The average molecular weight is 466 g/mol. The third kappa shape index (κ3) is 5.26. The van der Waals surface area contributed by atoms with E-state index in [1.165, 1.54) is 23.9 Å². The molecule has 1 aliphatic heterocycles. The Morgan fingerprint density at radius 2 is 1.86 bits per heavy atom. The molecule has 0 bridgehead atoms. The van der Waals surface area contributed by atoms with E-state index < -0.39 is 0 Å². The van der Waals surface area contributed by atoms with Crippen molar-refractivity contribution in [2.45, 2.75) is 57.0 Å². The van der Waals surface area contributed by atoms with Gasteiger partial charge in [0, 0.05) is 48.7 Å². The van der Waals surface area contributed by atoms with Gasteiger partial charge in [-0.2, -0.15) is 5.26 Å². The zero-order chi connectivity index (χ0) is 24.1. The van der Waals surface area contributed by atoms with Crippen LogP contribution in [0.5, 0.6) is 0 Å². The van der Waals surface area contributed by atoms with Gasteiger partial charge in [-0.05, 0) is 60.6 Å². The molecule has 3 aromatic rings.